The predicted octanol–water partition coefficient (Wildman–Crippen LogP) is 4.29. The van der Waals surface area contributed by atoms with E-state index in [0.29, 0.717) is 19.0 Å². The molecular formula is C25H28N4O. The zero-order chi connectivity index (χ0) is 20.9. The van der Waals surface area contributed by atoms with Crippen molar-refractivity contribution >= 4 is 11.9 Å². The minimum atomic E-state index is -0.0374. The molecule has 1 saturated heterocycles. The minimum Gasteiger partial charge on any atom is -0.352 e. The molecule has 0 bridgehead atoms. The smallest absolute Gasteiger partial charge is 0.225 e. The van der Waals surface area contributed by atoms with Crippen molar-refractivity contribution in [2.45, 2.75) is 33.2 Å². The van der Waals surface area contributed by atoms with Gasteiger partial charge in [-0.1, -0.05) is 59.7 Å². The molecule has 154 valence electrons. The molecule has 1 N–H and O–H groups in total. The molecule has 0 spiro atoms. The van der Waals surface area contributed by atoms with Gasteiger partial charge in [0.25, 0.3) is 0 Å². The van der Waals surface area contributed by atoms with Crippen molar-refractivity contribution in [2.75, 3.05) is 18.0 Å². The second kappa shape index (κ2) is 9.08. The van der Waals surface area contributed by atoms with Gasteiger partial charge in [0.1, 0.15) is 0 Å². The molecule has 4 rings (SSSR count). The molecule has 1 aromatic heterocycles. The lowest BCUT2D eigenvalue weighted by molar-refractivity contribution is -0.125. The van der Waals surface area contributed by atoms with Gasteiger partial charge in [-0.3, -0.25) is 4.79 Å². The van der Waals surface area contributed by atoms with Crippen LogP contribution in [0.3, 0.4) is 0 Å². The number of hydrogen-bond acceptors (Lipinski definition) is 4. The Morgan fingerprint density at radius 3 is 2.27 bits per heavy atom. The van der Waals surface area contributed by atoms with Crippen LogP contribution in [0.2, 0.25) is 0 Å². The number of rotatable bonds is 5. The van der Waals surface area contributed by atoms with Crippen molar-refractivity contribution in [3.63, 3.8) is 0 Å². The summed E-state index contributed by atoms with van der Waals surface area (Å²) in [5, 5.41) is 3.09. The third-order valence-corrected chi connectivity index (χ3v) is 5.69. The first-order valence-electron chi connectivity index (χ1n) is 10.6. The second-order valence-electron chi connectivity index (χ2n) is 8.13. The molecule has 0 aliphatic carbocycles. The standard InChI is InChI=1S/C25H28N4O/c1-18-5-9-20(10-6-18)14-26-24(30)22-4-3-13-29(17-22)25-27-15-23(16-28-25)21-11-7-19(2)8-12-21/h5-12,15-16,22H,3-4,13-14,17H2,1-2H3,(H,26,30)/t22-/m0/s1. The minimum absolute atomic E-state index is 0.0374. The first-order chi connectivity index (χ1) is 14.6. The van der Waals surface area contributed by atoms with Crippen molar-refractivity contribution in [1.29, 1.82) is 0 Å². The summed E-state index contributed by atoms with van der Waals surface area (Å²) >= 11 is 0. The SMILES string of the molecule is Cc1ccc(CNC(=O)[C@H]2CCCN(c3ncc(-c4ccc(C)cc4)cn3)C2)cc1. The van der Waals surface area contributed by atoms with Gasteiger partial charge in [-0.05, 0) is 37.8 Å². The van der Waals surface area contributed by atoms with Crippen LogP contribution < -0.4 is 10.2 Å². The summed E-state index contributed by atoms with van der Waals surface area (Å²) in [6.45, 7) is 6.24. The van der Waals surface area contributed by atoms with Crippen LogP contribution in [0.5, 0.6) is 0 Å². The van der Waals surface area contributed by atoms with Gasteiger partial charge in [-0.15, -0.1) is 0 Å². The Balaban J connectivity index is 1.36. The average Bonchev–Trinajstić information content (AvgIpc) is 2.79. The Morgan fingerprint density at radius 2 is 1.60 bits per heavy atom. The van der Waals surface area contributed by atoms with Crippen LogP contribution in [-0.2, 0) is 11.3 Å². The fourth-order valence-electron chi connectivity index (χ4n) is 3.79. The van der Waals surface area contributed by atoms with Crippen molar-refractivity contribution in [3.05, 3.63) is 77.6 Å². The molecule has 0 unspecified atom stereocenters. The lowest BCUT2D eigenvalue weighted by atomic mass is 9.97. The van der Waals surface area contributed by atoms with E-state index in [4.69, 9.17) is 0 Å². The first kappa shape index (κ1) is 20.1. The molecule has 5 heteroatoms. The van der Waals surface area contributed by atoms with Crippen molar-refractivity contribution in [2.24, 2.45) is 5.92 Å². The summed E-state index contributed by atoms with van der Waals surface area (Å²) in [4.78, 5) is 24.0. The van der Waals surface area contributed by atoms with E-state index >= 15 is 0 Å². The highest BCUT2D eigenvalue weighted by molar-refractivity contribution is 5.79. The monoisotopic (exact) mass is 400 g/mol. The Labute approximate surface area is 178 Å². The van der Waals surface area contributed by atoms with E-state index in [1.807, 2.05) is 12.4 Å². The van der Waals surface area contributed by atoms with Crippen LogP contribution in [0.15, 0.2) is 60.9 Å². The molecule has 0 radical (unpaired) electrons. The van der Waals surface area contributed by atoms with E-state index < -0.39 is 0 Å². The maximum Gasteiger partial charge on any atom is 0.225 e. The van der Waals surface area contributed by atoms with Crippen molar-refractivity contribution in [1.82, 2.24) is 15.3 Å². The number of hydrogen-bond donors (Lipinski definition) is 1. The molecule has 1 aliphatic heterocycles. The lowest BCUT2D eigenvalue weighted by Crippen LogP contribution is -2.43. The Bertz CT molecular complexity index is 981. The average molecular weight is 401 g/mol. The normalized spacial score (nSPS) is 16.3. The lowest BCUT2D eigenvalue weighted by Gasteiger charge is -2.32. The van der Waals surface area contributed by atoms with Gasteiger partial charge in [0, 0.05) is 37.6 Å². The number of piperidine rings is 1. The van der Waals surface area contributed by atoms with Crippen LogP contribution in [0, 0.1) is 19.8 Å². The maximum absolute atomic E-state index is 12.7. The van der Waals surface area contributed by atoms with E-state index in [1.54, 1.807) is 0 Å². The number of aryl methyl sites for hydroxylation is 2. The van der Waals surface area contributed by atoms with E-state index in [-0.39, 0.29) is 11.8 Å². The summed E-state index contributed by atoms with van der Waals surface area (Å²) in [5.74, 6) is 0.767. The maximum atomic E-state index is 12.7. The number of amides is 1. The molecule has 1 fully saturated rings. The van der Waals surface area contributed by atoms with Gasteiger partial charge < -0.3 is 10.2 Å². The van der Waals surface area contributed by atoms with Gasteiger partial charge in [0.2, 0.25) is 11.9 Å². The molecule has 0 saturated carbocycles. The third kappa shape index (κ3) is 4.85. The van der Waals surface area contributed by atoms with E-state index in [1.165, 1.54) is 11.1 Å². The van der Waals surface area contributed by atoms with Crippen molar-refractivity contribution in [3.8, 4) is 11.1 Å². The molecule has 1 atom stereocenters. The zero-order valence-electron chi connectivity index (χ0n) is 17.6. The van der Waals surface area contributed by atoms with Gasteiger partial charge in [-0.25, -0.2) is 9.97 Å². The van der Waals surface area contributed by atoms with E-state index in [2.05, 4.69) is 82.6 Å². The molecule has 5 nitrogen and oxygen atoms in total. The third-order valence-electron chi connectivity index (χ3n) is 5.69. The molecule has 30 heavy (non-hydrogen) atoms. The molecule has 1 amide bonds. The van der Waals surface area contributed by atoms with Gasteiger partial charge in [0.05, 0.1) is 5.92 Å². The summed E-state index contributed by atoms with van der Waals surface area (Å²) < 4.78 is 0. The van der Waals surface area contributed by atoms with E-state index in [9.17, 15) is 4.79 Å². The Morgan fingerprint density at radius 1 is 0.967 bits per heavy atom. The fourth-order valence-corrected chi connectivity index (χ4v) is 3.79. The summed E-state index contributed by atoms with van der Waals surface area (Å²) in [7, 11) is 0. The highest BCUT2D eigenvalue weighted by Crippen LogP contribution is 2.23. The van der Waals surface area contributed by atoms with Crippen LogP contribution >= 0.6 is 0 Å². The van der Waals surface area contributed by atoms with Gasteiger partial charge in [-0.2, -0.15) is 0 Å². The fraction of sp³-hybridized carbons (Fsp3) is 0.320. The number of nitrogens with one attached hydrogen (secondary N) is 1. The molecule has 2 heterocycles. The quantitative estimate of drug-likeness (QED) is 0.694. The zero-order valence-corrected chi connectivity index (χ0v) is 17.6. The largest absolute Gasteiger partial charge is 0.352 e. The molecule has 2 aromatic carbocycles. The molecule has 1 aliphatic rings. The number of benzene rings is 2. The summed E-state index contributed by atoms with van der Waals surface area (Å²) in [6, 6.07) is 16.6. The van der Waals surface area contributed by atoms with E-state index in [0.717, 1.165) is 36.1 Å². The predicted molar refractivity (Wildman–Crippen MR) is 120 cm³/mol. The number of carbonyl (C=O) groups excluding carboxylic acids is 1. The topological polar surface area (TPSA) is 58.1 Å². The first-order valence-corrected chi connectivity index (χ1v) is 10.6. The molecule has 3 aromatic rings. The highest BCUT2D eigenvalue weighted by Gasteiger charge is 2.27. The summed E-state index contributed by atoms with van der Waals surface area (Å²) in [5.41, 5.74) is 5.69. The van der Waals surface area contributed by atoms with Crippen LogP contribution in [-0.4, -0.2) is 29.0 Å². The Kier molecular flexibility index (Phi) is 6.07. The van der Waals surface area contributed by atoms with Crippen LogP contribution in [0.25, 0.3) is 11.1 Å². The molecular weight excluding hydrogens is 372 g/mol. The number of nitrogens with zero attached hydrogens (tertiary/aromatic N) is 3. The van der Waals surface area contributed by atoms with Crippen molar-refractivity contribution < 1.29 is 4.79 Å². The number of carbonyl (C=O) groups is 1. The Hall–Kier alpha value is -3.21. The van der Waals surface area contributed by atoms with Gasteiger partial charge in [0.15, 0.2) is 0 Å². The van der Waals surface area contributed by atoms with Gasteiger partial charge >= 0.3 is 0 Å². The second-order valence-corrected chi connectivity index (χ2v) is 8.13. The number of aromatic nitrogens is 2. The highest BCUT2D eigenvalue weighted by atomic mass is 16.1. The summed E-state index contributed by atoms with van der Waals surface area (Å²) in [6.07, 6.45) is 5.60. The van der Waals surface area contributed by atoms with Crippen LogP contribution in [0.1, 0.15) is 29.5 Å². The number of anilines is 1. The van der Waals surface area contributed by atoms with Crippen LogP contribution in [0.4, 0.5) is 5.95 Å².